The van der Waals surface area contributed by atoms with E-state index in [9.17, 15) is 4.21 Å². The molecule has 2 unspecified atom stereocenters. The largest absolute Gasteiger partial charge is 0.497 e. The number of methoxy groups -OCH3 is 1. The fraction of sp³-hybridized carbons (Fsp3) is 0.333. The van der Waals surface area contributed by atoms with E-state index in [-0.39, 0.29) is 12.0 Å². The average Bonchev–Trinajstić information content (AvgIpc) is 2.53. The highest BCUT2D eigenvalue weighted by Gasteiger charge is 2.18. The first-order valence-electron chi connectivity index (χ1n) is 7.34. The van der Waals surface area contributed by atoms with E-state index < -0.39 is 9.73 Å². The van der Waals surface area contributed by atoms with Crippen LogP contribution in [0.1, 0.15) is 25.5 Å². The zero-order valence-electron chi connectivity index (χ0n) is 13.5. The number of rotatable bonds is 5. The Morgan fingerprint density at radius 3 is 2.09 bits per heavy atom. The minimum absolute atomic E-state index is 0.108. The summed E-state index contributed by atoms with van der Waals surface area (Å²) < 4.78 is 22.9. The van der Waals surface area contributed by atoms with Gasteiger partial charge in [0.15, 0.2) is 0 Å². The third-order valence-corrected chi connectivity index (χ3v) is 5.36. The maximum absolute atomic E-state index is 13.0. The van der Waals surface area contributed by atoms with E-state index in [1.807, 2.05) is 54.6 Å². The van der Waals surface area contributed by atoms with Crippen LogP contribution >= 0.6 is 0 Å². The SMILES string of the molecule is COc1ccc(C(N=S(C)(=O)c2ccccc2)C(C)C)cc1. The fourth-order valence-electron chi connectivity index (χ4n) is 2.32. The zero-order chi connectivity index (χ0) is 16.2. The molecule has 0 spiro atoms. The van der Waals surface area contributed by atoms with Crippen LogP contribution in [0.2, 0.25) is 0 Å². The molecule has 22 heavy (non-hydrogen) atoms. The van der Waals surface area contributed by atoms with E-state index in [4.69, 9.17) is 9.10 Å². The highest BCUT2D eigenvalue weighted by molar-refractivity contribution is 7.93. The molecule has 118 valence electrons. The van der Waals surface area contributed by atoms with Crippen LogP contribution in [0.5, 0.6) is 5.75 Å². The quantitative estimate of drug-likeness (QED) is 0.811. The van der Waals surface area contributed by atoms with Gasteiger partial charge in [-0.05, 0) is 35.7 Å². The van der Waals surface area contributed by atoms with Crippen molar-refractivity contribution < 1.29 is 8.95 Å². The van der Waals surface area contributed by atoms with Crippen molar-refractivity contribution >= 4 is 9.73 Å². The van der Waals surface area contributed by atoms with Gasteiger partial charge in [-0.2, -0.15) is 0 Å². The summed E-state index contributed by atoms with van der Waals surface area (Å²) >= 11 is 0. The van der Waals surface area contributed by atoms with Gasteiger partial charge in [0, 0.05) is 11.2 Å². The van der Waals surface area contributed by atoms with Crippen LogP contribution in [0.3, 0.4) is 0 Å². The first-order chi connectivity index (χ1) is 10.4. The summed E-state index contributed by atoms with van der Waals surface area (Å²) in [5, 5.41) is 0. The van der Waals surface area contributed by atoms with E-state index in [1.165, 1.54) is 0 Å². The molecule has 0 N–H and O–H groups in total. The summed E-state index contributed by atoms with van der Waals surface area (Å²) in [6.45, 7) is 4.19. The summed E-state index contributed by atoms with van der Waals surface area (Å²) in [6, 6.07) is 17.2. The molecule has 0 heterocycles. The topological polar surface area (TPSA) is 38.7 Å². The number of nitrogens with zero attached hydrogens (tertiary/aromatic N) is 1. The highest BCUT2D eigenvalue weighted by atomic mass is 32.2. The van der Waals surface area contributed by atoms with Crippen molar-refractivity contribution in [2.75, 3.05) is 13.4 Å². The van der Waals surface area contributed by atoms with Crippen LogP contribution in [-0.4, -0.2) is 17.6 Å². The normalized spacial score (nSPS) is 15.1. The zero-order valence-corrected chi connectivity index (χ0v) is 14.3. The van der Waals surface area contributed by atoms with Crippen molar-refractivity contribution in [3.05, 3.63) is 60.2 Å². The van der Waals surface area contributed by atoms with Gasteiger partial charge in [0.05, 0.1) is 22.9 Å². The molecule has 0 saturated carbocycles. The van der Waals surface area contributed by atoms with E-state index >= 15 is 0 Å². The first-order valence-corrected chi connectivity index (χ1v) is 9.26. The van der Waals surface area contributed by atoms with Crippen LogP contribution in [0.25, 0.3) is 0 Å². The molecule has 0 amide bonds. The van der Waals surface area contributed by atoms with Crippen LogP contribution < -0.4 is 4.74 Å². The number of benzene rings is 2. The van der Waals surface area contributed by atoms with Gasteiger partial charge < -0.3 is 4.74 Å². The maximum atomic E-state index is 13.0. The third-order valence-electron chi connectivity index (χ3n) is 3.58. The molecule has 0 aliphatic heterocycles. The van der Waals surface area contributed by atoms with Gasteiger partial charge in [-0.25, -0.2) is 8.57 Å². The van der Waals surface area contributed by atoms with Crippen molar-refractivity contribution in [3.8, 4) is 5.75 Å². The molecule has 0 saturated heterocycles. The summed E-state index contributed by atoms with van der Waals surface area (Å²) in [5.74, 6) is 1.07. The van der Waals surface area contributed by atoms with Gasteiger partial charge >= 0.3 is 0 Å². The van der Waals surface area contributed by atoms with Gasteiger partial charge in [-0.3, -0.25) is 0 Å². The Balaban J connectivity index is 2.44. The lowest BCUT2D eigenvalue weighted by atomic mass is 9.97. The van der Waals surface area contributed by atoms with Gasteiger partial charge in [-0.15, -0.1) is 0 Å². The minimum Gasteiger partial charge on any atom is -0.497 e. The lowest BCUT2D eigenvalue weighted by Crippen LogP contribution is -2.08. The Bertz CT molecular complexity index is 715. The third kappa shape index (κ3) is 3.89. The molecule has 2 aromatic carbocycles. The lowest BCUT2D eigenvalue weighted by Gasteiger charge is -2.19. The van der Waals surface area contributed by atoms with Crippen molar-refractivity contribution in [2.24, 2.45) is 10.3 Å². The molecule has 4 heteroatoms. The van der Waals surface area contributed by atoms with Crippen molar-refractivity contribution in [2.45, 2.75) is 24.8 Å². The van der Waals surface area contributed by atoms with E-state index in [0.29, 0.717) is 0 Å². The Labute approximate surface area is 133 Å². The Hall–Kier alpha value is -1.81. The van der Waals surface area contributed by atoms with Crippen molar-refractivity contribution in [3.63, 3.8) is 0 Å². The fourth-order valence-corrected chi connectivity index (χ4v) is 3.90. The summed E-state index contributed by atoms with van der Waals surface area (Å²) in [5.41, 5.74) is 1.06. The predicted octanol–water partition coefficient (Wildman–Crippen LogP) is 4.55. The second-order valence-electron chi connectivity index (χ2n) is 5.68. The van der Waals surface area contributed by atoms with Gasteiger partial charge in [0.2, 0.25) is 0 Å². The van der Waals surface area contributed by atoms with Crippen LogP contribution in [0, 0.1) is 5.92 Å². The molecule has 0 bridgehead atoms. The second-order valence-corrected chi connectivity index (χ2v) is 7.97. The lowest BCUT2D eigenvalue weighted by molar-refractivity contribution is 0.414. The monoisotopic (exact) mass is 317 g/mol. The van der Waals surface area contributed by atoms with Crippen LogP contribution in [-0.2, 0) is 9.73 Å². The minimum atomic E-state index is -2.42. The van der Waals surface area contributed by atoms with Crippen LogP contribution in [0.4, 0.5) is 0 Å². The van der Waals surface area contributed by atoms with Crippen LogP contribution in [0.15, 0.2) is 63.9 Å². The highest BCUT2D eigenvalue weighted by Crippen LogP contribution is 2.30. The van der Waals surface area contributed by atoms with Gasteiger partial charge in [0.1, 0.15) is 5.75 Å². The summed E-state index contributed by atoms with van der Waals surface area (Å²) in [7, 11) is -0.778. The molecule has 2 aromatic rings. The molecule has 0 aromatic heterocycles. The van der Waals surface area contributed by atoms with E-state index in [0.717, 1.165) is 16.2 Å². The van der Waals surface area contributed by atoms with E-state index in [1.54, 1.807) is 13.4 Å². The first kappa shape index (κ1) is 16.6. The number of ether oxygens (including phenoxy) is 1. The molecule has 0 radical (unpaired) electrons. The summed E-state index contributed by atoms with van der Waals surface area (Å²) in [4.78, 5) is 0.772. The molecule has 0 aliphatic carbocycles. The molecular weight excluding hydrogens is 294 g/mol. The molecule has 0 fully saturated rings. The van der Waals surface area contributed by atoms with Crippen molar-refractivity contribution in [1.29, 1.82) is 0 Å². The smallest absolute Gasteiger partial charge is 0.118 e. The maximum Gasteiger partial charge on any atom is 0.118 e. The molecular formula is C18H23NO2S. The Morgan fingerprint density at radius 1 is 1.00 bits per heavy atom. The number of hydrogen-bond acceptors (Lipinski definition) is 3. The molecule has 2 atom stereocenters. The standard InChI is InChI=1S/C18H23NO2S/c1-14(2)18(15-10-12-16(21-3)13-11-15)19-22(4,20)17-8-6-5-7-9-17/h5-14,18H,1-4H3. The Kier molecular flexibility index (Phi) is 5.24. The summed E-state index contributed by atoms with van der Waals surface area (Å²) in [6.07, 6.45) is 1.71. The molecule has 2 rings (SSSR count). The Morgan fingerprint density at radius 2 is 1.59 bits per heavy atom. The second kappa shape index (κ2) is 6.97. The van der Waals surface area contributed by atoms with E-state index in [2.05, 4.69) is 13.8 Å². The predicted molar refractivity (Wildman–Crippen MR) is 91.8 cm³/mol. The van der Waals surface area contributed by atoms with Gasteiger partial charge in [0.25, 0.3) is 0 Å². The van der Waals surface area contributed by atoms with Gasteiger partial charge in [-0.1, -0.05) is 44.2 Å². The number of hydrogen-bond donors (Lipinski definition) is 0. The molecule has 0 aliphatic rings. The molecule has 3 nitrogen and oxygen atoms in total. The van der Waals surface area contributed by atoms with Crippen molar-refractivity contribution in [1.82, 2.24) is 0 Å². The average molecular weight is 317 g/mol.